The van der Waals surface area contributed by atoms with Crippen molar-refractivity contribution in [1.29, 1.82) is 0 Å². The van der Waals surface area contributed by atoms with Crippen molar-refractivity contribution in [3.63, 3.8) is 0 Å². The predicted molar refractivity (Wildman–Crippen MR) is 106 cm³/mol. The van der Waals surface area contributed by atoms with Crippen LogP contribution in [0.4, 0.5) is 11.6 Å². The van der Waals surface area contributed by atoms with Crippen LogP contribution >= 0.6 is 0 Å². The minimum absolute atomic E-state index is 0.0161. The van der Waals surface area contributed by atoms with Gasteiger partial charge in [-0.05, 0) is 51.2 Å². The number of nitrogens with one attached hydrogen (secondary N) is 1. The van der Waals surface area contributed by atoms with Crippen LogP contribution in [0.1, 0.15) is 48.8 Å². The molecule has 0 saturated carbocycles. The second-order valence-electron chi connectivity index (χ2n) is 7.60. The van der Waals surface area contributed by atoms with Crippen LogP contribution in [-0.2, 0) is 9.53 Å². The molecule has 7 heteroatoms. The van der Waals surface area contributed by atoms with Crippen molar-refractivity contribution in [3.05, 3.63) is 41.5 Å². The molecule has 0 spiro atoms. The van der Waals surface area contributed by atoms with Crippen LogP contribution in [0.25, 0.3) is 0 Å². The van der Waals surface area contributed by atoms with E-state index in [1.54, 1.807) is 6.20 Å². The Labute approximate surface area is 165 Å². The van der Waals surface area contributed by atoms with Gasteiger partial charge in [-0.15, -0.1) is 0 Å². The summed E-state index contributed by atoms with van der Waals surface area (Å²) in [5.74, 6) is 2.52. The first-order valence-electron chi connectivity index (χ1n) is 10.0. The number of anilines is 2. The lowest BCUT2D eigenvalue weighted by Gasteiger charge is -2.30. The summed E-state index contributed by atoms with van der Waals surface area (Å²) in [7, 11) is 0. The van der Waals surface area contributed by atoms with Gasteiger partial charge in [0.15, 0.2) is 0 Å². The van der Waals surface area contributed by atoms with Gasteiger partial charge in [0.2, 0.25) is 5.91 Å². The zero-order chi connectivity index (χ0) is 19.5. The number of aromatic nitrogens is 3. The van der Waals surface area contributed by atoms with Crippen LogP contribution in [-0.4, -0.2) is 45.5 Å². The number of carbonyl (C=O) groups excluding carboxylic acids is 1. The van der Waals surface area contributed by atoms with Gasteiger partial charge >= 0.3 is 0 Å². The van der Waals surface area contributed by atoms with Gasteiger partial charge in [0.25, 0.3) is 0 Å². The Balaban J connectivity index is 1.56. The Morgan fingerprint density at radius 2 is 2.04 bits per heavy atom. The van der Waals surface area contributed by atoms with Gasteiger partial charge in [0.1, 0.15) is 17.5 Å². The molecule has 1 N–H and O–H groups in total. The van der Waals surface area contributed by atoms with E-state index in [2.05, 4.69) is 20.3 Å². The summed E-state index contributed by atoms with van der Waals surface area (Å²) in [6, 6.07) is 5.90. The van der Waals surface area contributed by atoms with Crippen LogP contribution < -0.4 is 5.32 Å². The standard InChI is InChI=1S/C21H27N5O2/c1-14-5-3-9-22-20(14)25-19-13-17(23-15(2)24-19)18-6-4-10-26(18)21(27)16-7-11-28-12-8-16/h3,5,9,13,16,18H,4,6-8,10-12H2,1-2H3,(H,22,23,24,25). The van der Waals surface area contributed by atoms with Gasteiger partial charge in [0, 0.05) is 37.9 Å². The minimum Gasteiger partial charge on any atom is -0.381 e. The lowest BCUT2D eigenvalue weighted by molar-refractivity contribution is -0.139. The number of hydrogen-bond donors (Lipinski definition) is 1. The summed E-state index contributed by atoms with van der Waals surface area (Å²) >= 11 is 0. The van der Waals surface area contributed by atoms with Crippen LogP contribution in [0.2, 0.25) is 0 Å². The quantitative estimate of drug-likeness (QED) is 0.875. The summed E-state index contributed by atoms with van der Waals surface area (Å²) in [4.78, 5) is 28.7. The maximum atomic E-state index is 13.1. The van der Waals surface area contributed by atoms with E-state index in [4.69, 9.17) is 4.74 Å². The van der Waals surface area contributed by atoms with E-state index in [0.717, 1.165) is 55.1 Å². The van der Waals surface area contributed by atoms with Crippen molar-refractivity contribution >= 4 is 17.5 Å². The molecule has 2 aromatic heterocycles. The zero-order valence-electron chi connectivity index (χ0n) is 16.5. The third-order valence-electron chi connectivity index (χ3n) is 5.56. The van der Waals surface area contributed by atoms with Gasteiger partial charge < -0.3 is 15.0 Å². The fraction of sp³-hybridized carbons (Fsp3) is 0.524. The number of rotatable bonds is 4. The van der Waals surface area contributed by atoms with Crippen molar-refractivity contribution < 1.29 is 9.53 Å². The topological polar surface area (TPSA) is 80.2 Å². The molecule has 28 heavy (non-hydrogen) atoms. The first kappa shape index (κ1) is 18.8. The molecule has 2 fully saturated rings. The van der Waals surface area contributed by atoms with Crippen molar-refractivity contribution in [2.45, 2.75) is 45.6 Å². The Hall–Kier alpha value is -2.54. The molecule has 0 bridgehead atoms. The maximum Gasteiger partial charge on any atom is 0.226 e. The molecular weight excluding hydrogens is 354 g/mol. The molecule has 1 unspecified atom stereocenters. The van der Waals surface area contributed by atoms with Gasteiger partial charge in [-0.1, -0.05) is 6.07 Å². The highest BCUT2D eigenvalue weighted by Gasteiger charge is 2.35. The minimum atomic E-state index is 0.0161. The summed E-state index contributed by atoms with van der Waals surface area (Å²) in [6.07, 6.45) is 5.33. The van der Waals surface area contributed by atoms with E-state index in [1.165, 1.54) is 0 Å². The molecular formula is C21H27N5O2. The molecule has 4 rings (SSSR count). The van der Waals surface area contributed by atoms with Gasteiger partial charge in [-0.3, -0.25) is 4.79 Å². The molecule has 0 radical (unpaired) electrons. The SMILES string of the molecule is Cc1nc(Nc2ncccc2C)cc(C2CCCN2C(=O)C2CCOCC2)n1. The summed E-state index contributed by atoms with van der Waals surface area (Å²) in [5.41, 5.74) is 1.96. The molecule has 0 aromatic carbocycles. The van der Waals surface area contributed by atoms with Crippen molar-refractivity contribution in [3.8, 4) is 0 Å². The Bertz CT molecular complexity index is 850. The molecule has 2 saturated heterocycles. The van der Waals surface area contributed by atoms with Gasteiger partial charge in [-0.2, -0.15) is 0 Å². The Kier molecular flexibility index (Phi) is 5.52. The third kappa shape index (κ3) is 3.99. The fourth-order valence-electron chi connectivity index (χ4n) is 4.08. The number of ether oxygens (including phenoxy) is 1. The molecule has 148 valence electrons. The smallest absolute Gasteiger partial charge is 0.226 e. The molecule has 4 heterocycles. The molecule has 1 atom stereocenters. The summed E-state index contributed by atoms with van der Waals surface area (Å²) < 4.78 is 5.42. The lowest BCUT2D eigenvalue weighted by atomic mass is 9.98. The number of likely N-dealkylation sites (tertiary alicyclic amines) is 1. The molecule has 0 aliphatic carbocycles. The number of pyridine rings is 1. The fourth-order valence-corrected chi connectivity index (χ4v) is 4.08. The maximum absolute atomic E-state index is 13.1. The Morgan fingerprint density at radius 1 is 1.21 bits per heavy atom. The van der Waals surface area contributed by atoms with Crippen LogP contribution in [0, 0.1) is 19.8 Å². The van der Waals surface area contributed by atoms with E-state index in [-0.39, 0.29) is 17.9 Å². The lowest BCUT2D eigenvalue weighted by Crippen LogP contribution is -2.38. The third-order valence-corrected chi connectivity index (χ3v) is 5.56. The predicted octanol–water partition coefficient (Wildman–Crippen LogP) is 3.32. The average molecular weight is 381 g/mol. The van der Waals surface area contributed by atoms with E-state index in [9.17, 15) is 4.79 Å². The molecule has 2 aliphatic rings. The van der Waals surface area contributed by atoms with Gasteiger partial charge in [0.05, 0.1) is 11.7 Å². The van der Waals surface area contributed by atoms with E-state index >= 15 is 0 Å². The average Bonchev–Trinajstić information content (AvgIpc) is 3.19. The van der Waals surface area contributed by atoms with Crippen LogP contribution in [0.15, 0.2) is 24.4 Å². The molecule has 7 nitrogen and oxygen atoms in total. The first-order valence-corrected chi connectivity index (χ1v) is 10.0. The highest BCUT2D eigenvalue weighted by atomic mass is 16.5. The van der Waals surface area contributed by atoms with Crippen LogP contribution in [0.5, 0.6) is 0 Å². The second-order valence-corrected chi connectivity index (χ2v) is 7.60. The van der Waals surface area contributed by atoms with Crippen molar-refractivity contribution in [2.24, 2.45) is 5.92 Å². The highest BCUT2D eigenvalue weighted by molar-refractivity contribution is 5.79. The molecule has 2 aliphatic heterocycles. The van der Waals surface area contributed by atoms with Crippen molar-refractivity contribution in [1.82, 2.24) is 19.9 Å². The number of aryl methyl sites for hydroxylation is 2. The zero-order valence-corrected chi connectivity index (χ0v) is 16.5. The van der Waals surface area contributed by atoms with Crippen molar-refractivity contribution in [2.75, 3.05) is 25.1 Å². The van der Waals surface area contributed by atoms with E-state index < -0.39 is 0 Å². The van der Waals surface area contributed by atoms with Gasteiger partial charge in [-0.25, -0.2) is 15.0 Å². The largest absolute Gasteiger partial charge is 0.381 e. The normalized spacial score (nSPS) is 20.4. The summed E-state index contributed by atoms with van der Waals surface area (Å²) in [6.45, 7) is 6.05. The van der Waals surface area contributed by atoms with Crippen LogP contribution in [0.3, 0.4) is 0 Å². The molecule has 2 aromatic rings. The number of hydrogen-bond acceptors (Lipinski definition) is 6. The first-order chi connectivity index (χ1) is 13.6. The van der Waals surface area contributed by atoms with E-state index in [1.807, 2.05) is 36.9 Å². The number of carbonyl (C=O) groups is 1. The van der Waals surface area contributed by atoms with E-state index in [0.29, 0.717) is 19.0 Å². The second kappa shape index (κ2) is 8.22. The summed E-state index contributed by atoms with van der Waals surface area (Å²) in [5, 5.41) is 3.30. The monoisotopic (exact) mass is 381 g/mol. The molecule has 1 amide bonds. The Morgan fingerprint density at radius 3 is 2.82 bits per heavy atom. The highest BCUT2D eigenvalue weighted by Crippen LogP contribution is 2.34. The number of nitrogens with zero attached hydrogens (tertiary/aromatic N) is 4. The number of amides is 1.